The van der Waals surface area contributed by atoms with E-state index < -0.39 is 11.6 Å². The maximum atomic E-state index is 14.9. The Morgan fingerprint density at radius 1 is 0.914 bits per heavy atom. The Hall–Kier alpha value is -5.88. The van der Waals surface area contributed by atoms with Gasteiger partial charge in [0.05, 0.1) is 26.0 Å². The molecule has 58 heavy (non-hydrogen) atoms. The number of para-hydroxylation sites is 1. The third kappa shape index (κ3) is 7.37. The molecule has 0 radical (unpaired) electrons. The molecule has 3 aromatic heterocycles. The molecule has 6 aromatic rings. The van der Waals surface area contributed by atoms with Gasteiger partial charge in [0, 0.05) is 78.1 Å². The van der Waals surface area contributed by atoms with Crippen molar-refractivity contribution in [2.45, 2.75) is 66.1 Å². The van der Waals surface area contributed by atoms with Crippen LogP contribution in [0, 0.1) is 24.0 Å². The minimum atomic E-state index is -0.617. The van der Waals surface area contributed by atoms with Crippen LogP contribution in [0.25, 0.3) is 11.0 Å². The van der Waals surface area contributed by atoms with Crippen LogP contribution in [-0.2, 0) is 19.5 Å². The molecule has 1 N–H and O–H groups in total. The van der Waals surface area contributed by atoms with Crippen molar-refractivity contribution in [1.82, 2.24) is 29.3 Å². The molecule has 3 aromatic carbocycles. The second-order valence-electron chi connectivity index (χ2n) is 17.1. The number of carbonyl (C=O) groups excluding carboxylic acids is 1. The normalized spacial score (nSPS) is 16.2. The summed E-state index contributed by atoms with van der Waals surface area (Å²) in [6.07, 6.45) is 6.38. The number of anilines is 5. The maximum absolute atomic E-state index is 14.9. The highest BCUT2D eigenvalue weighted by Crippen LogP contribution is 2.43. The molecule has 9 rings (SSSR count). The molecular formula is C46H49F2N9O. The molecule has 0 saturated carbocycles. The molecule has 3 aliphatic rings. The lowest BCUT2D eigenvalue weighted by molar-refractivity contribution is 0.0730. The first-order valence-electron chi connectivity index (χ1n) is 20.2. The SMILES string of the molecule is Cc1cc(C(=O)N2CCc3c(n(Cc4ccc(F)cc4F)c4ncccc34)C2)ccc1N1CN(C2CCN(CC(C)(C)C)CC2)c2nc(Nc3ccccc3)ncc21. The van der Waals surface area contributed by atoms with Crippen LogP contribution in [0.15, 0.2) is 91.3 Å². The number of piperidine rings is 1. The van der Waals surface area contributed by atoms with E-state index in [9.17, 15) is 13.6 Å². The summed E-state index contributed by atoms with van der Waals surface area (Å²) in [5, 5.41) is 4.38. The fraction of sp³-hybridized carbons (Fsp3) is 0.348. The van der Waals surface area contributed by atoms with Gasteiger partial charge in [-0.05, 0) is 91.3 Å². The Balaban J connectivity index is 0.976. The van der Waals surface area contributed by atoms with Crippen LogP contribution in [0.1, 0.15) is 66.4 Å². The average Bonchev–Trinajstić information content (AvgIpc) is 3.73. The first-order chi connectivity index (χ1) is 28.0. The Morgan fingerprint density at radius 3 is 2.48 bits per heavy atom. The largest absolute Gasteiger partial charge is 0.334 e. The van der Waals surface area contributed by atoms with Crippen molar-refractivity contribution in [3.8, 4) is 0 Å². The first kappa shape index (κ1) is 37.7. The number of likely N-dealkylation sites (tertiary alicyclic amines) is 1. The van der Waals surface area contributed by atoms with Gasteiger partial charge in [-0.15, -0.1) is 0 Å². The molecule has 298 valence electrons. The van der Waals surface area contributed by atoms with Crippen molar-refractivity contribution in [2.75, 3.05) is 48.0 Å². The van der Waals surface area contributed by atoms with Gasteiger partial charge in [0.2, 0.25) is 5.95 Å². The first-order valence-corrected chi connectivity index (χ1v) is 20.2. The van der Waals surface area contributed by atoms with Crippen LogP contribution in [0.4, 0.5) is 37.6 Å². The van der Waals surface area contributed by atoms with Gasteiger partial charge in [-0.2, -0.15) is 4.98 Å². The highest BCUT2D eigenvalue weighted by molar-refractivity contribution is 5.96. The van der Waals surface area contributed by atoms with Gasteiger partial charge >= 0.3 is 0 Å². The van der Waals surface area contributed by atoms with E-state index in [1.54, 1.807) is 6.20 Å². The number of aromatic nitrogens is 4. The van der Waals surface area contributed by atoms with E-state index in [1.165, 1.54) is 12.1 Å². The fourth-order valence-corrected chi connectivity index (χ4v) is 9.03. The van der Waals surface area contributed by atoms with Gasteiger partial charge in [-0.3, -0.25) is 4.79 Å². The zero-order valence-corrected chi connectivity index (χ0v) is 33.6. The van der Waals surface area contributed by atoms with Gasteiger partial charge < -0.3 is 29.5 Å². The van der Waals surface area contributed by atoms with Crippen molar-refractivity contribution in [2.24, 2.45) is 5.41 Å². The number of carbonyl (C=O) groups is 1. The monoisotopic (exact) mass is 781 g/mol. The van der Waals surface area contributed by atoms with Gasteiger partial charge in [-0.25, -0.2) is 18.7 Å². The standard InChI is InChI=1S/C46H49F2N9O/c1-30-23-31(44(58)54-22-18-36-37-11-8-19-49-42(37)55(41(36)27-54)26-32-12-14-33(47)24-38(32)48)13-15-39(30)57-29-56(35-16-20-53(21-17-35)28-46(2,3)4)43-40(57)25-50-45(52-43)51-34-9-6-5-7-10-34/h5-15,19,23-25,35H,16-18,20-22,26-29H2,1-4H3,(H,50,51,52). The van der Waals surface area contributed by atoms with Crippen LogP contribution in [0.3, 0.4) is 0 Å². The summed E-state index contributed by atoms with van der Waals surface area (Å²) in [5.74, 6) is 0.183. The smallest absolute Gasteiger partial charge is 0.254 e. The molecule has 0 atom stereocenters. The number of nitrogens with one attached hydrogen (secondary N) is 1. The number of aryl methyl sites for hydroxylation is 1. The number of rotatable bonds is 8. The molecule has 1 fully saturated rings. The number of benzene rings is 3. The van der Waals surface area contributed by atoms with Gasteiger partial charge in [-0.1, -0.05) is 45.0 Å². The van der Waals surface area contributed by atoms with Crippen molar-refractivity contribution in [3.63, 3.8) is 0 Å². The van der Waals surface area contributed by atoms with Crippen LogP contribution in [-0.4, -0.2) is 74.1 Å². The topological polar surface area (TPSA) is 85.7 Å². The summed E-state index contributed by atoms with van der Waals surface area (Å²) < 4.78 is 30.6. The Bertz CT molecular complexity index is 2490. The highest BCUT2D eigenvalue weighted by atomic mass is 19.1. The fourth-order valence-electron chi connectivity index (χ4n) is 9.03. The van der Waals surface area contributed by atoms with E-state index in [1.807, 2.05) is 76.3 Å². The third-order valence-corrected chi connectivity index (χ3v) is 11.7. The summed E-state index contributed by atoms with van der Waals surface area (Å²) >= 11 is 0. The van der Waals surface area contributed by atoms with Crippen LogP contribution >= 0.6 is 0 Å². The molecule has 1 saturated heterocycles. The van der Waals surface area contributed by atoms with Crippen molar-refractivity contribution in [3.05, 3.63) is 131 Å². The predicted molar refractivity (Wildman–Crippen MR) is 225 cm³/mol. The zero-order chi connectivity index (χ0) is 40.1. The van der Waals surface area contributed by atoms with Crippen LogP contribution < -0.4 is 15.1 Å². The molecular weight excluding hydrogens is 733 g/mol. The lowest BCUT2D eigenvalue weighted by atomic mass is 9.94. The summed E-state index contributed by atoms with van der Waals surface area (Å²) in [7, 11) is 0. The summed E-state index contributed by atoms with van der Waals surface area (Å²) in [5.41, 5.74) is 7.85. The van der Waals surface area contributed by atoms with Gasteiger partial charge in [0.15, 0.2) is 5.82 Å². The summed E-state index contributed by atoms with van der Waals surface area (Å²) in [6.45, 7) is 13.8. The van der Waals surface area contributed by atoms with Crippen molar-refractivity contribution >= 4 is 45.8 Å². The summed E-state index contributed by atoms with van der Waals surface area (Å²) in [6, 6.07) is 23.8. The Kier molecular flexibility index (Phi) is 9.83. The van der Waals surface area contributed by atoms with Crippen LogP contribution in [0.2, 0.25) is 0 Å². The Labute approximate surface area is 338 Å². The third-order valence-electron chi connectivity index (χ3n) is 11.7. The van der Waals surface area contributed by atoms with Gasteiger partial charge in [0.1, 0.15) is 23.0 Å². The van der Waals surface area contributed by atoms with Crippen LogP contribution in [0.5, 0.6) is 0 Å². The van der Waals surface area contributed by atoms with E-state index in [4.69, 9.17) is 9.97 Å². The molecule has 0 unspecified atom stereocenters. The van der Waals surface area contributed by atoms with E-state index >= 15 is 0 Å². The van der Waals surface area contributed by atoms with E-state index in [2.05, 4.69) is 52.7 Å². The molecule has 0 aliphatic carbocycles. The summed E-state index contributed by atoms with van der Waals surface area (Å²) in [4.78, 5) is 38.0. The second-order valence-corrected chi connectivity index (χ2v) is 17.1. The van der Waals surface area contributed by atoms with Gasteiger partial charge in [0.25, 0.3) is 5.91 Å². The maximum Gasteiger partial charge on any atom is 0.254 e. The van der Waals surface area contributed by atoms with Crippen molar-refractivity contribution in [1.29, 1.82) is 0 Å². The number of hydrogen-bond donors (Lipinski definition) is 1. The van der Waals surface area contributed by atoms with E-state index in [0.717, 1.165) is 89.3 Å². The van der Waals surface area contributed by atoms with Crippen molar-refractivity contribution < 1.29 is 13.6 Å². The molecule has 0 bridgehead atoms. The zero-order valence-electron chi connectivity index (χ0n) is 33.6. The Morgan fingerprint density at radius 2 is 1.72 bits per heavy atom. The molecule has 0 spiro atoms. The predicted octanol–water partition coefficient (Wildman–Crippen LogP) is 8.83. The van der Waals surface area contributed by atoms with E-state index in [-0.39, 0.29) is 17.9 Å². The number of hydrogen-bond acceptors (Lipinski definition) is 8. The molecule has 12 heteroatoms. The van der Waals surface area contributed by atoms with E-state index in [0.29, 0.717) is 49.3 Å². The number of halogens is 2. The molecule has 6 heterocycles. The minimum Gasteiger partial charge on any atom is -0.334 e. The molecule has 10 nitrogen and oxygen atoms in total. The molecule has 1 amide bonds. The number of fused-ring (bicyclic) bond motifs is 4. The number of nitrogens with zero attached hydrogens (tertiary/aromatic N) is 8. The lowest BCUT2D eigenvalue weighted by Gasteiger charge is -2.39. The molecule has 3 aliphatic heterocycles. The lowest BCUT2D eigenvalue weighted by Crippen LogP contribution is -2.47. The number of pyridine rings is 1. The minimum absolute atomic E-state index is 0.0662. The quantitative estimate of drug-likeness (QED) is 0.164. The average molecular weight is 782 g/mol. The second kappa shape index (κ2) is 15.1. The highest BCUT2D eigenvalue weighted by Gasteiger charge is 2.37. The number of amides is 1.